The third-order valence-electron chi connectivity index (χ3n) is 2.58. The lowest BCUT2D eigenvalue weighted by Gasteiger charge is -2.06. The smallest absolute Gasteiger partial charge is 0.188 e. The highest BCUT2D eigenvalue weighted by Gasteiger charge is 2.08. The highest BCUT2D eigenvalue weighted by Crippen LogP contribution is 2.28. The number of halogens is 2. The van der Waals surface area contributed by atoms with Gasteiger partial charge in [-0.25, -0.2) is 15.0 Å². The topological polar surface area (TPSA) is 47.9 Å². The molecule has 2 aromatic heterocycles. The number of hydrogen-bond donors (Lipinski definition) is 0. The first kappa shape index (κ1) is 14.3. The third kappa shape index (κ3) is 3.50. The molecule has 3 aromatic rings. The van der Waals surface area contributed by atoms with Gasteiger partial charge < -0.3 is 4.74 Å². The Morgan fingerprint density at radius 2 is 1.95 bits per heavy atom. The lowest BCUT2D eigenvalue weighted by Crippen LogP contribution is -1.96. The Balaban J connectivity index is 1.70. The molecule has 0 aliphatic rings. The Morgan fingerprint density at radius 3 is 2.71 bits per heavy atom. The molecule has 1 aromatic carbocycles. The first-order chi connectivity index (χ1) is 10.2. The van der Waals surface area contributed by atoms with E-state index in [-0.39, 0.29) is 0 Å². The van der Waals surface area contributed by atoms with E-state index in [0.29, 0.717) is 28.2 Å². The van der Waals surface area contributed by atoms with Crippen molar-refractivity contribution >= 4 is 34.5 Å². The van der Waals surface area contributed by atoms with E-state index in [4.69, 9.17) is 27.9 Å². The van der Waals surface area contributed by atoms with Crippen molar-refractivity contribution in [3.63, 3.8) is 0 Å². The summed E-state index contributed by atoms with van der Waals surface area (Å²) in [6.07, 6.45) is 3.38. The van der Waals surface area contributed by atoms with Gasteiger partial charge in [-0.1, -0.05) is 23.2 Å². The molecule has 0 aliphatic carbocycles. The molecule has 0 fully saturated rings. The van der Waals surface area contributed by atoms with Crippen LogP contribution in [0.4, 0.5) is 0 Å². The molecule has 0 unspecified atom stereocenters. The van der Waals surface area contributed by atoms with Gasteiger partial charge in [-0.05, 0) is 24.3 Å². The summed E-state index contributed by atoms with van der Waals surface area (Å²) in [5.41, 5.74) is 0.800. The number of aromatic nitrogens is 3. The van der Waals surface area contributed by atoms with Crippen LogP contribution in [0.3, 0.4) is 0 Å². The van der Waals surface area contributed by atoms with Gasteiger partial charge in [-0.2, -0.15) is 0 Å². The zero-order valence-electron chi connectivity index (χ0n) is 10.7. The highest BCUT2D eigenvalue weighted by atomic mass is 35.5. The van der Waals surface area contributed by atoms with Crippen molar-refractivity contribution in [2.24, 2.45) is 0 Å². The number of ether oxygens (including phenoxy) is 1. The van der Waals surface area contributed by atoms with Crippen LogP contribution in [0.25, 0.3) is 10.8 Å². The van der Waals surface area contributed by atoms with Gasteiger partial charge in [0, 0.05) is 22.8 Å². The Hall–Kier alpha value is -1.69. The van der Waals surface area contributed by atoms with Gasteiger partial charge >= 0.3 is 0 Å². The fraction of sp³-hybridized carbons (Fsp3) is 0.0714. The summed E-state index contributed by atoms with van der Waals surface area (Å²) in [5, 5.41) is 3.72. The first-order valence-corrected chi connectivity index (χ1v) is 7.65. The van der Waals surface area contributed by atoms with Crippen LogP contribution in [-0.2, 0) is 6.61 Å². The molecular formula is C14H9Cl2N3OS. The van der Waals surface area contributed by atoms with Gasteiger partial charge in [0.05, 0.1) is 10.7 Å². The SMILES string of the molecule is Clc1ccc(OCc2csc(-c3ncccn3)n2)c(Cl)c1. The minimum Gasteiger partial charge on any atom is -0.486 e. The Bertz CT molecular complexity index is 749. The van der Waals surface area contributed by atoms with E-state index in [2.05, 4.69) is 15.0 Å². The van der Waals surface area contributed by atoms with Crippen LogP contribution < -0.4 is 4.74 Å². The molecule has 4 nitrogen and oxygen atoms in total. The molecule has 0 amide bonds. The fourth-order valence-corrected chi connectivity index (χ4v) is 2.84. The Morgan fingerprint density at radius 1 is 1.14 bits per heavy atom. The number of hydrogen-bond acceptors (Lipinski definition) is 5. The molecule has 0 N–H and O–H groups in total. The largest absolute Gasteiger partial charge is 0.486 e. The van der Waals surface area contributed by atoms with Crippen LogP contribution in [0.5, 0.6) is 5.75 Å². The molecule has 0 aliphatic heterocycles. The fourth-order valence-electron chi connectivity index (χ4n) is 1.63. The number of rotatable bonds is 4. The summed E-state index contributed by atoms with van der Waals surface area (Å²) < 4.78 is 5.64. The van der Waals surface area contributed by atoms with E-state index in [1.54, 1.807) is 36.7 Å². The maximum Gasteiger partial charge on any atom is 0.188 e. The van der Waals surface area contributed by atoms with Gasteiger partial charge in [-0.15, -0.1) is 11.3 Å². The molecule has 7 heteroatoms. The van der Waals surface area contributed by atoms with Crippen molar-refractivity contribution in [2.45, 2.75) is 6.61 Å². The van der Waals surface area contributed by atoms with E-state index in [9.17, 15) is 0 Å². The monoisotopic (exact) mass is 337 g/mol. The second kappa shape index (κ2) is 6.39. The minimum absolute atomic E-state index is 0.324. The molecule has 0 radical (unpaired) electrons. The predicted molar refractivity (Wildman–Crippen MR) is 83.9 cm³/mol. The molecule has 0 saturated carbocycles. The van der Waals surface area contributed by atoms with E-state index in [1.807, 2.05) is 5.38 Å². The number of thiazole rings is 1. The first-order valence-electron chi connectivity index (χ1n) is 6.02. The van der Waals surface area contributed by atoms with Crippen LogP contribution in [-0.4, -0.2) is 15.0 Å². The lowest BCUT2D eigenvalue weighted by molar-refractivity contribution is 0.302. The van der Waals surface area contributed by atoms with Crippen LogP contribution in [0, 0.1) is 0 Å². The maximum atomic E-state index is 6.05. The summed E-state index contributed by atoms with van der Waals surface area (Å²) in [7, 11) is 0. The molecule has 0 bridgehead atoms. The highest BCUT2D eigenvalue weighted by molar-refractivity contribution is 7.13. The van der Waals surface area contributed by atoms with E-state index < -0.39 is 0 Å². The average molecular weight is 338 g/mol. The predicted octanol–water partition coefficient (Wildman–Crippen LogP) is 4.49. The number of nitrogens with zero attached hydrogens (tertiary/aromatic N) is 3. The van der Waals surface area contributed by atoms with Gasteiger partial charge in [0.25, 0.3) is 0 Å². The van der Waals surface area contributed by atoms with Crippen molar-refractivity contribution in [3.8, 4) is 16.6 Å². The van der Waals surface area contributed by atoms with Crippen LogP contribution in [0.2, 0.25) is 10.0 Å². The van der Waals surface area contributed by atoms with Gasteiger partial charge in [0.1, 0.15) is 12.4 Å². The summed E-state index contributed by atoms with van der Waals surface area (Å²) in [5.74, 6) is 1.19. The molecule has 3 rings (SSSR count). The van der Waals surface area contributed by atoms with Crippen LogP contribution >= 0.6 is 34.5 Å². The molecule has 0 spiro atoms. The van der Waals surface area contributed by atoms with Crippen LogP contribution in [0.1, 0.15) is 5.69 Å². The van der Waals surface area contributed by atoms with Crippen molar-refractivity contribution in [1.29, 1.82) is 0 Å². The molecule has 2 heterocycles. The maximum absolute atomic E-state index is 6.05. The van der Waals surface area contributed by atoms with Gasteiger partial charge in [-0.3, -0.25) is 0 Å². The van der Waals surface area contributed by atoms with E-state index >= 15 is 0 Å². The zero-order valence-corrected chi connectivity index (χ0v) is 13.0. The van der Waals surface area contributed by atoms with Crippen molar-refractivity contribution in [2.75, 3.05) is 0 Å². The Labute approximate surface area is 135 Å². The normalized spacial score (nSPS) is 10.6. The standard InChI is InChI=1S/C14H9Cl2N3OS/c15-9-2-3-12(11(16)6-9)20-7-10-8-21-14(19-10)13-17-4-1-5-18-13/h1-6,8H,7H2. The average Bonchev–Trinajstić information content (AvgIpc) is 2.96. The lowest BCUT2D eigenvalue weighted by atomic mass is 10.3. The zero-order chi connectivity index (χ0) is 14.7. The molecule has 0 atom stereocenters. The second-order valence-corrected chi connectivity index (χ2v) is 5.78. The minimum atomic E-state index is 0.324. The van der Waals surface area contributed by atoms with Gasteiger partial charge in [0.2, 0.25) is 0 Å². The number of benzene rings is 1. The summed E-state index contributed by atoms with van der Waals surface area (Å²) in [4.78, 5) is 12.8. The van der Waals surface area contributed by atoms with Crippen molar-refractivity contribution < 1.29 is 4.74 Å². The van der Waals surface area contributed by atoms with Crippen molar-refractivity contribution in [1.82, 2.24) is 15.0 Å². The summed E-state index contributed by atoms with van der Waals surface area (Å²) in [6, 6.07) is 6.87. The van der Waals surface area contributed by atoms with Crippen LogP contribution in [0.15, 0.2) is 42.0 Å². The second-order valence-electron chi connectivity index (χ2n) is 4.08. The van der Waals surface area contributed by atoms with Gasteiger partial charge in [0.15, 0.2) is 10.8 Å². The third-order valence-corrected chi connectivity index (χ3v) is 4.00. The summed E-state index contributed by atoms with van der Waals surface area (Å²) in [6.45, 7) is 0.324. The quantitative estimate of drug-likeness (QED) is 0.703. The van der Waals surface area contributed by atoms with E-state index in [1.165, 1.54) is 11.3 Å². The Kier molecular flexibility index (Phi) is 4.34. The van der Waals surface area contributed by atoms with Crippen molar-refractivity contribution in [3.05, 3.63) is 57.8 Å². The molecular weight excluding hydrogens is 329 g/mol. The molecule has 21 heavy (non-hydrogen) atoms. The summed E-state index contributed by atoms with van der Waals surface area (Å²) >= 11 is 13.4. The molecule has 106 valence electrons. The van der Waals surface area contributed by atoms with E-state index in [0.717, 1.165) is 10.7 Å². The molecule has 0 saturated heterocycles.